The van der Waals surface area contributed by atoms with Crippen molar-refractivity contribution in [3.63, 3.8) is 0 Å². The number of benzene rings is 2. The molecule has 0 unspecified atom stereocenters. The molecule has 2 aromatic carbocycles. The van der Waals surface area contributed by atoms with Crippen molar-refractivity contribution in [1.82, 2.24) is 0 Å². The quantitative estimate of drug-likeness (QED) is 0.841. The molecule has 0 heterocycles. The highest BCUT2D eigenvalue weighted by Crippen LogP contribution is 2.24. The summed E-state index contributed by atoms with van der Waals surface area (Å²) in [6, 6.07) is 10.6. The van der Waals surface area contributed by atoms with E-state index in [1.165, 1.54) is 18.2 Å². The molecule has 0 atom stereocenters. The van der Waals surface area contributed by atoms with Crippen molar-refractivity contribution < 1.29 is 13.9 Å². The Morgan fingerprint density at radius 1 is 1.30 bits per heavy atom. The zero-order chi connectivity index (χ0) is 14.5. The van der Waals surface area contributed by atoms with Gasteiger partial charge in [-0.1, -0.05) is 6.07 Å². The van der Waals surface area contributed by atoms with Crippen molar-refractivity contribution in [2.75, 3.05) is 17.7 Å². The summed E-state index contributed by atoms with van der Waals surface area (Å²) in [5.74, 6) is -0.458. The van der Waals surface area contributed by atoms with Crippen LogP contribution in [0.4, 0.5) is 15.8 Å². The topological polar surface area (TPSA) is 64.3 Å². The van der Waals surface area contributed by atoms with Crippen LogP contribution in [0, 0.1) is 5.82 Å². The maximum atomic E-state index is 12.9. The van der Waals surface area contributed by atoms with Gasteiger partial charge in [0, 0.05) is 16.2 Å². The number of anilines is 2. The predicted octanol–water partition coefficient (Wildman–Crippen LogP) is 3.19. The Balaban J connectivity index is 1.92. The minimum absolute atomic E-state index is 0.208. The lowest BCUT2D eigenvalue weighted by molar-refractivity contribution is -0.118. The maximum absolute atomic E-state index is 12.9. The first-order valence-corrected chi connectivity index (χ1v) is 6.57. The van der Waals surface area contributed by atoms with Gasteiger partial charge in [-0.15, -0.1) is 0 Å². The number of amides is 1. The van der Waals surface area contributed by atoms with Gasteiger partial charge in [-0.25, -0.2) is 4.39 Å². The van der Waals surface area contributed by atoms with Crippen molar-refractivity contribution in [1.29, 1.82) is 0 Å². The summed E-state index contributed by atoms with van der Waals surface area (Å²) in [7, 11) is 0. The fourth-order valence-electron chi connectivity index (χ4n) is 1.52. The molecular weight excluding hydrogens is 327 g/mol. The zero-order valence-electron chi connectivity index (χ0n) is 10.4. The number of hydrogen-bond donors (Lipinski definition) is 2. The largest absolute Gasteiger partial charge is 0.484 e. The number of hydrogen-bond acceptors (Lipinski definition) is 3. The Morgan fingerprint density at radius 2 is 2.10 bits per heavy atom. The summed E-state index contributed by atoms with van der Waals surface area (Å²) >= 11 is 3.30. The first-order chi connectivity index (χ1) is 9.54. The third-order valence-electron chi connectivity index (χ3n) is 2.43. The summed E-state index contributed by atoms with van der Waals surface area (Å²) in [6.45, 7) is -0.208. The normalized spacial score (nSPS) is 10.1. The number of ether oxygens (including phenoxy) is 1. The standard InChI is InChI=1S/C14H12BrFN2O2/c15-12-7-10(17)4-5-13(12)18-14(19)8-20-11-3-1-2-9(16)6-11/h1-7H,8,17H2,(H,18,19). The van der Waals surface area contributed by atoms with Crippen LogP contribution in [-0.4, -0.2) is 12.5 Å². The lowest BCUT2D eigenvalue weighted by Gasteiger charge is -2.09. The molecule has 0 radical (unpaired) electrons. The minimum atomic E-state index is -0.413. The number of rotatable bonds is 4. The highest BCUT2D eigenvalue weighted by molar-refractivity contribution is 9.10. The smallest absolute Gasteiger partial charge is 0.262 e. The second kappa shape index (κ2) is 6.38. The molecule has 0 aliphatic rings. The van der Waals surface area contributed by atoms with Crippen LogP contribution in [0.3, 0.4) is 0 Å². The van der Waals surface area contributed by atoms with Gasteiger partial charge in [0.1, 0.15) is 11.6 Å². The lowest BCUT2D eigenvalue weighted by Crippen LogP contribution is -2.20. The second-order valence-corrected chi connectivity index (χ2v) is 4.89. The molecule has 0 aromatic heterocycles. The average molecular weight is 339 g/mol. The van der Waals surface area contributed by atoms with Gasteiger partial charge in [-0.05, 0) is 46.3 Å². The average Bonchev–Trinajstić information content (AvgIpc) is 2.40. The van der Waals surface area contributed by atoms with E-state index in [2.05, 4.69) is 21.2 Å². The van der Waals surface area contributed by atoms with Crippen LogP contribution in [0.1, 0.15) is 0 Å². The first-order valence-electron chi connectivity index (χ1n) is 5.78. The molecule has 0 saturated carbocycles. The molecule has 104 valence electrons. The number of nitrogens with one attached hydrogen (secondary N) is 1. The van der Waals surface area contributed by atoms with Crippen LogP contribution in [0.25, 0.3) is 0 Å². The van der Waals surface area contributed by atoms with Gasteiger partial charge in [-0.2, -0.15) is 0 Å². The molecule has 2 aromatic rings. The van der Waals surface area contributed by atoms with Crippen LogP contribution in [0.15, 0.2) is 46.9 Å². The first kappa shape index (κ1) is 14.3. The molecule has 4 nitrogen and oxygen atoms in total. The van der Waals surface area contributed by atoms with E-state index in [4.69, 9.17) is 10.5 Å². The summed E-state index contributed by atoms with van der Waals surface area (Å²) in [4.78, 5) is 11.7. The van der Waals surface area contributed by atoms with Gasteiger partial charge in [0.25, 0.3) is 5.91 Å². The van der Waals surface area contributed by atoms with E-state index in [0.29, 0.717) is 21.6 Å². The summed E-state index contributed by atoms with van der Waals surface area (Å²) in [5.41, 5.74) is 6.78. The highest BCUT2D eigenvalue weighted by Gasteiger charge is 2.07. The highest BCUT2D eigenvalue weighted by atomic mass is 79.9. The van der Waals surface area contributed by atoms with E-state index in [0.717, 1.165) is 0 Å². The van der Waals surface area contributed by atoms with Gasteiger partial charge >= 0.3 is 0 Å². The molecule has 0 aliphatic carbocycles. The molecule has 0 fully saturated rings. The third-order valence-corrected chi connectivity index (χ3v) is 3.09. The molecule has 0 aliphatic heterocycles. The van der Waals surface area contributed by atoms with Crippen LogP contribution in [-0.2, 0) is 4.79 Å². The fraction of sp³-hybridized carbons (Fsp3) is 0.0714. The molecule has 20 heavy (non-hydrogen) atoms. The molecule has 2 rings (SSSR count). The van der Waals surface area contributed by atoms with Crippen LogP contribution in [0.2, 0.25) is 0 Å². The number of carbonyl (C=O) groups is 1. The number of halogens is 2. The number of nitrogen functional groups attached to an aromatic ring is 1. The van der Waals surface area contributed by atoms with Gasteiger partial charge in [0.05, 0.1) is 5.69 Å². The van der Waals surface area contributed by atoms with Crippen LogP contribution in [0.5, 0.6) is 5.75 Å². The van der Waals surface area contributed by atoms with Crippen molar-refractivity contribution >= 4 is 33.2 Å². The van der Waals surface area contributed by atoms with Crippen molar-refractivity contribution in [3.8, 4) is 5.75 Å². The van der Waals surface area contributed by atoms with Crippen molar-refractivity contribution in [2.45, 2.75) is 0 Å². The number of carbonyl (C=O) groups excluding carboxylic acids is 1. The molecule has 0 bridgehead atoms. The Kier molecular flexibility index (Phi) is 4.57. The van der Waals surface area contributed by atoms with E-state index in [1.807, 2.05) is 0 Å². The molecule has 0 spiro atoms. The molecule has 1 amide bonds. The summed E-state index contributed by atoms with van der Waals surface area (Å²) in [5, 5.41) is 2.66. The van der Waals surface area contributed by atoms with E-state index >= 15 is 0 Å². The third kappa shape index (κ3) is 3.96. The Hall–Kier alpha value is -2.08. The molecule has 0 saturated heterocycles. The van der Waals surface area contributed by atoms with Crippen LogP contribution < -0.4 is 15.8 Å². The predicted molar refractivity (Wildman–Crippen MR) is 79.1 cm³/mol. The maximum Gasteiger partial charge on any atom is 0.262 e. The second-order valence-electron chi connectivity index (χ2n) is 4.03. The van der Waals surface area contributed by atoms with Crippen molar-refractivity contribution in [2.24, 2.45) is 0 Å². The summed E-state index contributed by atoms with van der Waals surface area (Å²) in [6.07, 6.45) is 0. The number of nitrogens with two attached hydrogens (primary N) is 1. The van der Waals surface area contributed by atoms with Crippen molar-refractivity contribution in [3.05, 3.63) is 52.8 Å². The summed E-state index contributed by atoms with van der Waals surface area (Å²) < 4.78 is 18.8. The molecular formula is C14H12BrFN2O2. The van der Waals surface area contributed by atoms with Gasteiger partial charge in [0.15, 0.2) is 6.61 Å². The van der Waals surface area contributed by atoms with E-state index in [1.54, 1.807) is 24.3 Å². The Bertz CT molecular complexity index is 634. The van der Waals surface area contributed by atoms with E-state index in [-0.39, 0.29) is 12.5 Å². The molecule has 3 N–H and O–H groups in total. The Labute approximate surface area is 123 Å². The Morgan fingerprint density at radius 3 is 2.80 bits per heavy atom. The van der Waals surface area contributed by atoms with Gasteiger partial charge in [0.2, 0.25) is 0 Å². The fourth-order valence-corrected chi connectivity index (χ4v) is 2.02. The van der Waals surface area contributed by atoms with E-state index in [9.17, 15) is 9.18 Å². The zero-order valence-corrected chi connectivity index (χ0v) is 12.0. The van der Waals surface area contributed by atoms with Gasteiger partial charge < -0.3 is 15.8 Å². The lowest BCUT2D eigenvalue weighted by atomic mass is 10.3. The van der Waals surface area contributed by atoms with Gasteiger partial charge in [-0.3, -0.25) is 4.79 Å². The van der Waals surface area contributed by atoms with Crippen LogP contribution >= 0.6 is 15.9 Å². The molecule has 6 heteroatoms. The van der Waals surface area contributed by atoms with E-state index < -0.39 is 5.82 Å². The SMILES string of the molecule is Nc1ccc(NC(=O)COc2cccc(F)c2)c(Br)c1. The minimum Gasteiger partial charge on any atom is -0.484 e. The monoisotopic (exact) mass is 338 g/mol.